The number of hydrogen-bond donors (Lipinski definition) is 1. The van der Waals surface area contributed by atoms with E-state index in [-0.39, 0.29) is 69.3 Å². The molecule has 1 saturated heterocycles. The second-order valence-electron chi connectivity index (χ2n) is 25.8. The minimum atomic E-state index is -1.52. The number of amides is 1. The molecule has 0 aromatic carbocycles. The molecule has 0 bridgehead atoms. The molecule has 0 aliphatic carbocycles. The molecule has 1 heterocycles. The van der Waals surface area contributed by atoms with Gasteiger partial charge in [-0.15, -0.1) is 0 Å². The highest BCUT2D eigenvalue weighted by Gasteiger charge is 2.38. The minimum Gasteiger partial charge on any atom is -0.466 e. The van der Waals surface area contributed by atoms with Crippen molar-refractivity contribution in [2.75, 3.05) is 72.4 Å². The molecule has 0 saturated carbocycles. The van der Waals surface area contributed by atoms with E-state index in [9.17, 15) is 38.4 Å². The first-order chi connectivity index (χ1) is 44.3. The summed E-state index contributed by atoms with van der Waals surface area (Å²) in [5.74, 6) is -3.11. The Kier molecular flexibility index (Phi) is 57.3. The van der Waals surface area contributed by atoms with Crippen molar-refractivity contribution in [2.45, 2.75) is 342 Å². The number of nitrogens with one attached hydrogen (secondary N) is 1. The van der Waals surface area contributed by atoms with Gasteiger partial charge < -0.3 is 48.1 Å². The SMILES string of the molecule is CCCCCCCCCCOC(=O)CCCCCC(=O)OCC(COC(=O)CCCCCC(=O)OCCCCCCCCCC)(COC(=O)CCCCCC(=O)OCCCCCCCCCC)COC(=O)CCC(CCCCCC)OC(=O)NCCN1CCCC1. The van der Waals surface area contributed by atoms with Crippen LogP contribution in [0.3, 0.4) is 0 Å². The van der Waals surface area contributed by atoms with Gasteiger partial charge in [0.1, 0.15) is 37.9 Å². The van der Waals surface area contributed by atoms with Gasteiger partial charge in [-0.1, -0.05) is 201 Å². The lowest BCUT2D eigenvalue weighted by Gasteiger charge is -2.31. The van der Waals surface area contributed by atoms with Crippen molar-refractivity contribution in [2.24, 2.45) is 5.41 Å². The van der Waals surface area contributed by atoms with Gasteiger partial charge in [0.2, 0.25) is 0 Å². The maximum atomic E-state index is 13.8. The van der Waals surface area contributed by atoms with Crippen LogP contribution in [0.5, 0.6) is 0 Å². The summed E-state index contributed by atoms with van der Waals surface area (Å²) in [4.78, 5) is 107. The second-order valence-corrected chi connectivity index (χ2v) is 25.8. The van der Waals surface area contributed by atoms with E-state index < -0.39 is 67.9 Å². The van der Waals surface area contributed by atoms with Crippen LogP contribution in [0.4, 0.5) is 4.79 Å². The molecule has 0 spiro atoms. The molecular formula is C73H132N2O16. The molecule has 18 nitrogen and oxygen atoms in total. The number of carbonyl (C=O) groups excluding carboxylic acids is 8. The van der Waals surface area contributed by atoms with Gasteiger partial charge >= 0.3 is 47.9 Å². The van der Waals surface area contributed by atoms with Gasteiger partial charge in [0.05, 0.1) is 19.8 Å². The molecule has 1 aliphatic heterocycles. The van der Waals surface area contributed by atoms with Crippen molar-refractivity contribution < 1.29 is 76.3 Å². The topological polar surface area (TPSA) is 226 Å². The number of ether oxygens (including phenoxy) is 8. The normalized spacial score (nSPS) is 12.7. The van der Waals surface area contributed by atoms with E-state index in [1.807, 2.05) is 0 Å². The van der Waals surface area contributed by atoms with E-state index in [0.717, 1.165) is 116 Å². The molecule has 1 N–H and O–H groups in total. The predicted molar refractivity (Wildman–Crippen MR) is 358 cm³/mol. The average Bonchev–Trinajstić information content (AvgIpc) is 2.09. The first-order valence-electron chi connectivity index (χ1n) is 37.1. The molecule has 1 unspecified atom stereocenters. The number of alkyl carbamates (subject to hydrolysis) is 1. The number of unbranched alkanes of at least 4 members (excludes halogenated alkanes) is 30. The standard InChI is InChI=1S/C73H132N2O16/c1-5-9-13-17-20-23-26-41-57-84-65(76)45-33-29-36-48-68(79)87-60-73(61-88-69(80)49-37-30-34-46-66(77)85-58-42-27-24-21-18-14-10-6-2,62-89-70(81)50-38-31-35-47-67(78)86-59-43-28-25-22-19-15-11-7-3)63-90-71(82)52-51-64(44-32-16-12-8-4)91-72(83)74-53-56-75-54-39-40-55-75/h64H,5-63H2,1-4H3,(H,74,83). The summed E-state index contributed by atoms with van der Waals surface area (Å²) >= 11 is 0. The van der Waals surface area contributed by atoms with Gasteiger partial charge in [0.25, 0.3) is 0 Å². The van der Waals surface area contributed by atoms with E-state index in [0.29, 0.717) is 90.6 Å². The predicted octanol–water partition coefficient (Wildman–Crippen LogP) is 17.0. The molecule has 1 aliphatic rings. The van der Waals surface area contributed by atoms with Crippen LogP contribution in [-0.2, 0) is 71.5 Å². The van der Waals surface area contributed by atoms with Crippen LogP contribution < -0.4 is 5.32 Å². The number of nitrogens with zero attached hydrogens (tertiary/aromatic N) is 1. The van der Waals surface area contributed by atoms with Gasteiger partial charge in [-0.25, -0.2) is 4.79 Å². The quantitative estimate of drug-likeness (QED) is 0.0339. The maximum absolute atomic E-state index is 13.8. The fourth-order valence-electron chi connectivity index (χ4n) is 11.0. The molecule has 1 atom stereocenters. The summed E-state index contributed by atoms with van der Waals surface area (Å²) in [7, 11) is 0. The Balaban J connectivity index is 3.09. The van der Waals surface area contributed by atoms with Gasteiger partial charge in [0, 0.05) is 58.0 Å². The smallest absolute Gasteiger partial charge is 0.407 e. The Labute approximate surface area is 552 Å². The molecule has 0 radical (unpaired) electrons. The van der Waals surface area contributed by atoms with Crippen LogP contribution in [0.25, 0.3) is 0 Å². The molecule has 1 rings (SSSR count). The second kappa shape index (κ2) is 61.7. The Bertz CT molecular complexity index is 1680. The zero-order chi connectivity index (χ0) is 66.4. The zero-order valence-corrected chi connectivity index (χ0v) is 58.3. The van der Waals surface area contributed by atoms with Crippen LogP contribution in [-0.4, -0.2) is 131 Å². The van der Waals surface area contributed by atoms with Gasteiger partial charge in [-0.05, 0) is 103 Å². The summed E-state index contributed by atoms with van der Waals surface area (Å²) in [6, 6.07) is 0. The molecule has 91 heavy (non-hydrogen) atoms. The Morgan fingerprint density at radius 1 is 0.330 bits per heavy atom. The first-order valence-corrected chi connectivity index (χ1v) is 37.1. The summed E-state index contributed by atoms with van der Waals surface area (Å²) in [6.45, 7) is 11.4. The van der Waals surface area contributed by atoms with Crippen molar-refractivity contribution in [3.05, 3.63) is 0 Å². The Hall–Kier alpha value is -4.48. The summed E-state index contributed by atoms with van der Waals surface area (Å²) in [6.07, 6.45) is 38.8. The fraction of sp³-hybridized carbons (Fsp3) is 0.890. The molecular weight excluding hydrogens is 1160 g/mol. The van der Waals surface area contributed by atoms with Gasteiger partial charge in [0.15, 0.2) is 0 Å². The van der Waals surface area contributed by atoms with Crippen molar-refractivity contribution >= 4 is 47.9 Å². The summed E-state index contributed by atoms with van der Waals surface area (Å²) in [5, 5.41) is 2.86. The highest BCUT2D eigenvalue weighted by Crippen LogP contribution is 2.25. The maximum Gasteiger partial charge on any atom is 0.407 e. The third-order valence-electron chi connectivity index (χ3n) is 16.9. The Morgan fingerprint density at radius 2 is 0.604 bits per heavy atom. The lowest BCUT2D eigenvalue weighted by molar-refractivity contribution is -0.171. The number of carbonyl (C=O) groups is 8. The third kappa shape index (κ3) is 54.6. The third-order valence-corrected chi connectivity index (χ3v) is 16.9. The number of esters is 7. The van der Waals surface area contributed by atoms with Crippen molar-refractivity contribution in [1.29, 1.82) is 0 Å². The molecule has 18 heteroatoms. The largest absolute Gasteiger partial charge is 0.466 e. The van der Waals surface area contributed by atoms with E-state index in [1.165, 1.54) is 96.3 Å². The van der Waals surface area contributed by atoms with Crippen LogP contribution in [0.15, 0.2) is 0 Å². The van der Waals surface area contributed by atoms with Crippen molar-refractivity contribution in [3.8, 4) is 0 Å². The lowest BCUT2D eigenvalue weighted by Crippen LogP contribution is -2.44. The number of hydrogen-bond acceptors (Lipinski definition) is 17. The minimum absolute atomic E-state index is 0.0215. The number of rotatable bonds is 65. The van der Waals surface area contributed by atoms with E-state index in [1.54, 1.807) is 0 Å². The van der Waals surface area contributed by atoms with E-state index >= 15 is 0 Å². The Morgan fingerprint density at radius 3 is 0.934 bits per heavy atom. The van der Waals surface area contributed by atoms with E-state index in [2.05, 4.69) is 37.9 Å². The molecule has 1 fully saturated rings. The van der Waals surface area contributed by atoms with Crippen LogP contribution in [0, 0.1) is 5.41 Å². The average molecular weight is 1290 g/mol. The number of likely N-dealkylation sites (tertiary alicyclic amines) is 1. The van der Waals surface area contributed by atoms with E-state index in [4.69, 9.17) is 37.9 Å². The first kappa shape index (κ1) is 84.5. The summed E-state index contributed by atoms with van der Waals surface area (Å²) < 4.78 is 45.7. The van der Waals surface area contributed by atoms with Gasteiger partial charge in [-0.3, -0.25) is 33.6 Å². The zero-order valence-electron chi connectivity index (χ0n) is 58.3. The van der Waals surface area contributed by atoms with Crippen LogP contribution in [0.2, 0.25) is 0 Å². The lowest BCUT2D eigenvalue weighted by atomic mass is 9.92. The monoisotopic (exact) mass is 1290 g/mol. The highest BCUT2D eigenvalue weighted by atomic mass is 16.6. The van der Waals surface area contributed by atoms with Crippen LogP contribution >= 0.6 is 0 Å². The van der Waals surface area contributed by atoms with Crippen LogP contribution in [0.1, 0.15) is 336 Å². The highest BCUT2D eigenvalue weighted by molar-refractivity contribution is 5.72. The molecule has 0 aromatic heterocycles. The molecule has 0 aromatic rings. The van der Waals surface area contributed by atoms with Crippen molar-refractivity contribution in [1.82, 2.24) is 10.2 Å². The molecule has 530 valence electrons. The van der Waals surface area contributed by atoms with Crippen molar-refractivity contribution in [3.63, 3.8) is 0 Å². The van der Waals surface area contributed by atoms with Gasteiger partial charge in [-0.2, -0.15) is 0 Å². The molecule has 1 amide bonds. The summed E-state index contributed by atoms with van der Waals surface area (Å²) in [5.41, 5.74) is -1.52. The fourth-order valence-corrected chi connectivity index (χ4v) is 11.0.